The number of hydrogen-bond acceptors (Lipinski definition) is 11. The number of rotatable bonds is 12. The molecular weight excluding hydrogens is 913 g/mol. The van der Waals surface area contributed by atoms with E-state index in [2.05, 4.69) is 87.7 Å². The number of thiazole rings is 2. The minimum atomic E-state index is -0.0842. The van der Waals surface area contributed by atoms with E-state index in [9.17, 15) is 15.3 Å². The number of imidazole rings is 1. The Morgan fingerprint density at radius 3 is 1.31 bits per heavy atom. The standard InChI is InChI=1S/C19H18N4O.2C18H15N3OS/c1-22-12-16(20-18(22)13-24)19-15-9-5-6-10-17(15)23(21-19)11-14-7-3-2-4-8-14;22-12-17-19-10-16(23-17)18-14-8-4-5-9-15(14)21(20-18)11-13-6-2-1-3-7-13;22-11-17-19-15(12-23-17)18-14-8-4-5-9-16(14)21(20-18)10-13-6-2-1-3-7-13/h2-10,12,24H,11,13H2,1H3;1-10,22H,11-12H2;1-9,12,22H,10-11H2. The Morgan fingerprint density at radius 1 is 0.457 bits per heavy atom. The maximum absolute atomic E-state index is 9.38. The van der Waals surface area contributed by atoms with E-state index < -0.39 is 0 Å². The normalized spacial score (nSPS) is 11.2. The Hall–Kier alpha value is -7.92. The van der Waals surface area contributed by atoms with Gasteiger partial charge in [-0.25, -0.2) is 15.0 Å². The van der Waals surface area contributed by atoms with E-state index in [1.807, 2.05) is 128 Å². The first-order valence-corrected chi connectivity index (χ1v) is 24.4. The number of aromatic nitrogens is 10. The van der Waals surface area contributed by atoms with Crippen molar-refractivity contribution in [3.05, 3.63) is 214 Å². The number of aryl methyl sites for hydroxylation is 1. The van der Waals surface area contributed by atoms with Gasteiger partial charge in [-0.05, 0) is 34.9 Å². The molecule has 70 heavy (non-hydrogen) atoms. The molecule has 0 atom stereocenters. The van der Waals surface area contributed by atoms with E-state index in [4.69, 9.17) is 15.3 Å². The van der Waals surface area contributed by atoms with Crippen LogP contribution in [0.4, 0.5) is 0 Å². The summed E-state index contributed by atoms with van der Waals surface area (Å²) in [6.45, 7) is 2.01. The lowest BCUT2D eigenvalue weighted by atomic mass is 10.2. The van der Waals surface area contributed by atoms with Crippen LogP contribution in [0.15, 0.2) is 182 Å². The second-order valence-corrected chi connectivity index (χ2v) is 18.5. The van der Waals surface area contributed by atoms with Crippen molar-refractivity contribution in [1.29, 1.82) is 0 Å². The number of aliphatic hydroxyl groups excluding tert-OH is 3. The zero-order chi connectivity index (χ0) is 47.8. The maximum Gasteiger partial charge on any atom is 0.135 e. The van der Waals surface area contributed by atoms with Crippen LogP contribution in [0.25, 0.3) is 66.1 Å². The number of aliphatic hydroxyl groups is 3. The molecule has 0 fully saturated rings. The zero-order valence-electron chi connectivity index (χ0n) is 38.2. The summed E-state index contributed by atoms with van der Waals surface area (Å²) in [7, 11) is 1.88. The van der Waals surface area contributed by atoms with Crippen LogP contribution in [0, 0.1) is 0 Å². The Labute approximate surface area is 411 Å². The van der Waals surface area contributed by atoms with E-state index in [0.717, 1.165) is 79.1 Å². The molecule has 15 heteroatoms. The Kier molecular flexibility index (Phi) is 13.9. The van der Waals surface area contributed by atoms with Crippen LogP contribution in [0.3, 0.4) is 0 Å². The lowest BCUT2D eigenvalue weighted by molar-refractivity contribution is 0.267. The number of nitrogens with zero attached hydrogens (tertiary/aromatic N) is 10. The molecule has 0 aliphatic rings. The van der Waals surface area contributed by atoms with Gasteiger partial charge in [-0.2, -0.15) is 15.3 Å². The SMILES string of the molecule is Cn1cc(-c2nn(Cc3ccccc3)c3ccccc23)nc1CO.OCc1nc(-c2nn(Cc3ccccc3)c3ccccc23)cs1.OCc1ncc(-c2nn(Cc3ccccc3)c3ccccc23)s1. The number of fused-ring (bicyclic) bond motifs is 3. The summed E-state index contributed by atoms with van der Waals surface area (Å²) in [6.07, 6.45) is 3.70. The van der Waals surface area contributed by atoms with Crippen LogP contribution in [0.2, 0.25) is 0 Å². The molecule has 0 spiro atoms. The second-order valence-electron chi connectivity index (χ2n) is 16.4. The molecule has 0 unspecified atom stereocenters. The molecule has 12 aromatic rings. The summed E-state index contributed by atoms with van der Waals surface area (Å²) in [5.74, 6) is 0.631. The van der Waals surface area contributed by atoms with Gasteiger partial charge in [0.2, 0.25) is 0 Å². The molecule has 12 rings (SSSR count). The van der Waals surface area contributed by atoms with Gasteiger partial charge in [0.05, 0.1) is 54.3 Å². The molecule has 6 heterocycles. The predicted octanol–water partition coefficient (Wildman–Crippen LogP) is 10.4. The minimum absolute atomic E-state index is 0.0344. The third-order valence-electron chi connectivity index (χ3n) is 11.7. The van der Waals surface area contributed by atoms with Crippen LogP contribution in [0.1, 0.15) is 32.5 Å². The van der Waals surface area contributed by atoms with Gasteiger partial charge in [0, 0.05) is 41.0 Å². The van der Waals surface area contributed by atoms with Gasteiger partial charge in [0.1, 0.15) is 50.9 Å². The molecule has 0 saturated heterocycles. The number of para-hydroxylation sites is 3. The fraction of sp³-hybridized carbons (Fsp3) is 0.127. The maximum atomic E-state index is 9.38. The van der Waals surface area contributed by atoms with Gasteiger partial charge in [-0.1, -0.05) is 146 Å². The number of benzene rings is 6. The van der Waals surface area contributed by atoms with Crippen molar-refractivity contribution in [2.75, 3.05) is 0 Å². The Bertz CT molecular complexity index is 3470. The fourth-order valence-electron chi connectivity index (χ4n) is 8.32. The summed E-state index contributed by atoms with van der Waals surface area (Å²) in [4.78, 5) is 14.2. The Balaban J connectivity index is 0.000000122. The van der Waals surface area contributed by atoms with E-state index in [1.54, 1.807) is 6.20 Å². The number of hydrogen-bond donors (Lipinski definition) is 3. The molecule has 6 aromatic carbocycles. The highest BCUT2D eigenvalue weighted by Crippen LogP contribution is 2.33. The highest BCUT2D eigenvalue weighted by molar-refractivity contribution is 7.15. The predicted molar refractivity (Wildman–Crippen MR) is 278 cm³/mol. The van der Waals surface area contributed by atoms with Gasteiger partial charge >= 0.3 is 0 Å². The highest BCUT2D eigenvalue weighted by Gasteiger charge is 2.18. The van der Waals surface area contributed by atoms with Crippen molar-refractivity contribution >= 4 is 55.4 Å². The average Bonchev–Trinajstić information content (AvgIpc) is 4.29. The largest absolute Gasteiger partial charge is 0.389 e. The van der Waals surface area contributed by atoms with Crippen molar-refractivity contribution in [1.82, 2.24) is 48.9 Å². The molecule has 0 aliphatic carbocycles. The van der Waals surface area contributed by atoms with Gasteiger partial charge in [0.25, 0.3) is 0 Å². The molecule has 6 aromatic heterocycles. The van der Waals surface area contributed by atoms with E-state index in [0.29, 0.717) is 22.4 Å². The van der Waals surface area contributed by atoms with Gasteiger partial charge in [0.15, 0.2) is 0 Å². The van der Waals surface area contributed by atoms with Crippen LogP contribution < -0.4 is 0 Å². The lowest BCUT2D eigenvalue weighted by Crippen LogP contribution is -2.01. The third kappa shape index (κ3) is 9.96. The monoisotopic (exact) mass is 960 g/mol. The van der Waals surface area contributed by atoms with Crippen molar-refractivity contribution in [3.63, 3.8) is 0 Å². The summed E-state index contributed by atoms with van der Waals surface area (Å²) >= 11 is 2.94. The second kappa shape index (κ2) is 21.2. The average molecular weight is 961 g/mol. The first-order valence-electron chi connectivity index (χ1n) is 22.7. The molecule has 348 valence electrons. The first kappa shape index (κ1) is 45.8. The molecule has 0 radical (unpaired) electrons. The van der Waals surface area contributed by atoms with Crippen LogP contribution >= 0.6 is 22.7 Å². The summed E-state index contributed by atoms with van der Waals surface area (Å²) in [5.41, 5.74) is 11.1. The van der Waals surface area contributed by atoms with Gasteiger partial charge in [-0.15, -0.1) is 22.7 Å². The minimum Gasteiger partial charge on any atom is -0.389 e. The summed E-state index contributed by atoms with van der Waals surface area (Å²) in [6, 6.07) is 55.4. The first-order chi connectivity index (χ1) is 34.5. The van der Waals surface area contributed by atoms with Crippen LogP contribution in [-0.4, -0.2) is 64.2 Å². The van der Waals surface area contributed by atoms with Crippen LogP contribution in [-0.2, 0) is 46.5 Å². The van der Waals surface area contributed by atoms with E-state index in [-0.39, 0.29) is 19.8 Å². The molecule has 0 saturated carbocycles. The van der Waals surface area contributed by atoms with Crippen LogP contribution in [0.5, 0.6) is 0 Å². The van der Waals surface area contributed by atoms with Crippen molar-refractivity contribution in [2.45, 2.75) is 39.5 Å². The summed E-state index contributed by atoms with van der Waals surface area (Å²) < 4.78 is 7.88. The Morgan fingerprint density at radius 2 is 0.886 bits per heavy atom. The molecule has 0 amide bonds. The smallest absolute Gasteiger partial charge is 0.135 e. The van der Waals surface area contributed by atoms with E-state index in [1.165, 1.54) is 39.4 Å². The quantitative estimate of drug-likeness (QED) is 0.108. The molecule has 3 N–H and O–H groups in total. The van der Waals surface area contributed by atoms with Crippen molar-refractivity contribution in [2.24, 2.45) is 7.05 Å². The third-order valence-corrected chi connectivity index (χ3v) is 13.5. The molecule has 0 bridgehead atoms. The van der Waals surface area contributed by atoms with Gasteiger partial charge < -0.3 is 19.9 Å². The highest BCUT2D eigenvalue weighted by atomic mass is 32.1. The molecule has 13 nitrogen and oxygen atoms in total. The molecular formula is C55H48N10O3S2. The summed E-state index contributed by atoms with van der Waals surface area (Å²) in [5, 5.41) is 48.9. The van der Waals surface area contributed by atoms with Gasteiger partial charge in [-0.3, -0.25) is 14.0 Å². The topological polar surface area (TPSA) is 158 Å². The van der Waals surface area contributed by atoms with Crippen molar-refractivity contribution < 1.29 is 15.3 Å². The fourth-order valence-corrected chi connectivity index (χ4v) is 9.74. The lowest BCUT2D eigenvalue weighted by Gasteiger charge is -2.03. The molecule has 0 aliphatic heterocycles. The zero-order valence-corrected chi connectivity index (χ0v) is 39.8. The van der Waals surface area contributed by atoms with E-state index >= 15 is 0 Å². The van der Waals surface area contributed by atoms with Crippen molar-refractivity contribution in [3.8, 4) is 33.3 Å².